The monoisotopic (exact) mass is 266 g/mol. The Kier molecular flexibility index (Phi) is 5.88. The van der Waals surface area contributed by atoms with Gasteiger partial charge in [-0.05, 0) is 43.0 Å². The summed E-state index contributed by atoms with van der Waals surface area (Å²) in [6.45, 7) is 2.72. The molecule has 0 aromatic heterocycles. The van der Waals surface area contributed by atoms with E-state index in [0.717, 1.165) is 29.7 Å². The van der Waals surface area contributed by atoms with Crippen LogP contribution in [0.2, 0.25) is 0 Å². The fourth-order valence-electron chi connectivity index (χ4n) is 1.94. The first-order chi connectivity index (χ1) is 8.60. The van der Waals surface area contributed by atoms with Crippen LogP contribution in [0, 0.1) is 16.0 Å². The van der Waals surface area contributed by atoms with Crippen molar-refractivity contribution in [3.63, 3.8) is 0 Å². The summed E-state index contributed by atoms with van der Waals surface area (Å²) >= 11 is 5.46. The second-order valence-corrected chi connectivity index (χ2v) is 4.67. The molecule has 0 bridgehead atoms. The zero-order valence-corrected chi connectivity index (χ0v) is 11.3. The summed E-state index contributed by atoms with van der Waals surface area (Å²) in [4.78, 5) is 11.0. The number of nitro benzene ring substituents is 1. The number of thiocarbonyl (C=S) groups is 1. The van der Waals surface area contributed by atoms with Gasteiger partial charge in [0.1, 0.15) is 0 Å². The van der Waals surface area contributed by atoms with Crippen LogP contribution < -0.4 is 5.73 Å². The van der Waals surface area contributed by atoms with Crippen LogP contribution in [0.25, 0.3) is 0 Å². The highest BCUT2D eigenvalue weighted by molar-refractivity contribution is 7.80. The van der Waals surface area contributed by atoms with Gasteiger partial charge in [-0.2, -0.15) is 0 Å². The highest BCUT2D eigenvalue weighted by Crippen LogP contribution is 2.20. The zero-order valence-electron chi connectivity index (χ0n) is 10.5. The van der Waals surface area contributed by atoms with Gasteiger partial charge in [-0.3, -0.25) is 10.1 Å². The van der Waals surface area contributed by atoms with Crippen molar-refractivity contribution < 1.29 is 4.92 Å². The molecule has 0 aliphatic carbocycles. The number of nitro groups is 1. The Morgan fingerprint density at radius 3 is 2.44 bits per heavy atom. The van der Waals surface area contributed by atoms with Gasteiger partial charge in [0.05, 0.1) is 4.92 Å². The van der Waals surface area contributed by atoms with E-state index in [-0.39, 0.29) is 11.6 Å². The molecule has 1 aromatic carbocycles. The molecule has 5 heteroatoms. The van der Waals surface area contributed by atoms with Crippen LogP contribution in [-0.2, 0) is 0 Å². The zero-order chi connectivity index (χ0) is 13.5. The SMILES string of the molecule is CCCC(CCN)C(=S)c1ccc([N+](=O)[O-])cc1. The van der Waals surface area contributed by atoms with E-state index >= 15 is 0 Å². The molecule has 1 atom stereocenters. The van der Waals surface area contributed by atoms with Gasteiger partial charge in [-0.15, -0.1) is 0 Å². The molecule has 0 radical (unpaired) electrons. The summed E-state index contributed by atoms with van der Waals surface area (Å²) in [7, 11) is 0. The van der Waals surface area contributed by atoms with Gasteiger partial charge in [0.15, 0.2) is 0 Å². The Balaban J connectivity index is 2.84. The highest BCUT2D eigenvalue weighted by Gasteiger charge is 2.15. The standard InChI is InChI=1S/C13H18N2O2S/c1-2-3-10(8-9-14)13(18)11-4-6-12(7-5-11)15(16)17/h4-7,10H,2-3,8-9,14H2,1H3. The van der Waals surface area contributed by atoms with Crippen molar-refractivity contribution in [2.45, 2.75) is 26.2 Å². The second kappa shape index (κ2) is 7.18. The maximum atomic E-state index is 10.6. The first-order valence-electron chi connectivity index (χ1n) is 6.08. The number of rotatable bonds is 7. The van der Waals surface area contributed by atoms with Gasteiger partial charge in [-0.25, -0.2) is 0 Å². The third-order valence-corrected chi connectivity index (χ3v) is 3.45. The lowest BCUT2D eigenvalue weighted by Gasteiger charge is -2.16. The largest absolute Gasteiger partial charge is 0.330 e. The Labute approximate surface area is 112 Å². The summed E-state index contributed by atoms with van der Waals surface area (Å²) in [6.07, 6.45) is 2.93. The first-order valence-corrected chi connectivity index (χ1v) is 6.49. The maximum absolute atomic E-state index is 10.6. The van der Waals surface area contributed by atoms with Crippen LogP contribution in [0.15, 0.2) is 24.3 Å². The summed E-state index contributed by atoms with van der Waals surface area (Å²) in [5.74, 6) is 0.288. The molecule has 0 fully saturated rings. The molecule has 1 unspecified atom stereocenters. The molecule has 18 heavy (non-hydrogen) atoms. The summed E-state index contributed by atoms with van der Waals surface area (Å²) in [6, 6.07) is 6.43. The van der Waals surface area contributed by atoms with E-state index in [1.54, 1.807) is 12.1 Å². The smallest absolute Gasteiger partial charge is 0.269 e. The molecule has 0 aliphatic heterocycles. The van der Waals surface area contributed by atoms with Crippen molar-refractivity contribution in [3.05, 3.63) is 39.9 Å². The fraction of sp³-hybridized carbons (Fsp3) is 0.462. The lowest BCUT2D eigenvalue weighted by atomic mass is 9.92. The summed E-state index contributed by atoms with van der Waals surface area (Å²) < 4.78 is 0. The molecule has 0 heterocycles. The van der Waals surface area contributed by atoms with Gasteiger partial charge in [-0.1, -0.05) is 25.6 Å². The van der Waals surface area contributed by atoms with E-state index in [1.807, 2.05) is 0 Å². The molecular formula is C13H18N2O2S. The van der Waals surface area contributed by atoms with Gasteiger partial charge in [0.2, 0.25) is 0 Å². The molecular weight excluding hydrogens is 248 g/mol. The normalized spacial score (nSPS) is 12.1. The lowest BCUT2D eigenvalue weighted by molar-refractivity contribution is -0.384. The van der Waals surface area contributed by atoms with Gasteiger partial charge >= 0.3 is 0 Å². The predicted molar refractivity (Wildman–Crippen MR) is 76.9 cm³/mol. The number of hydrogen-bond donors (Lipinski definition) is 1. The van der Waals surface area contributed by atoms with E-state index in [2.05, 4.69) is 6.92 Å². The Morgan fingerprint density at radius 2 is 2.00 bits per heavy atom. The molecule has 0 saturated carbocycles. The number of non-ortho nitro benzene ring substituents is 1. The Bertz CT molecular complexity index is 412. The van der Waals surface area contributed by atoms with Gasteiger partial charge < -0.3 is 5.73 Å². The van der Waals surface area contributed by atoms with E-state index in [4.69, 9.17) is 18.0 Å². The number of hydrogen-bond acceptors (Lipinski definition) is 4. The van der Waals surface area contributed by atoms with Crippen molar-refractivity contribution in [2.24, 2.45) is 11.7 Å². The minimum absolute atomic E-state index is 0.0902. The van der Waals surface area contributed by atoms with Crippen LogP contribution in [-0.4, -0.2) is 16.3 Å². The van der Waals surface area contributed by atoms with Crippen molar-refractivity contribution >= 4 is 22.8 Å². The minimum Gasteiger partial charge on any atom is -0.330 e. The maximum Gasteiger partial charge on any atom is 0.269 e. The molecule has 2 N–H and O–H groups in total. The van der Waals surface area contributed by atoms with Crippen LogP contribution in [0.1, 0.15) is 31.7 Å². The predicted octanol–water partition coefficient (Wildman–Crippen LogP) is 3.08. The third-order valence-electron chi connectivity index (χ3n) is 2.89. The van der Waals surface area contributed by atoms with E-state index in [9.17, 15) is 10.1 Å². The van der Waals surface area contributed by atoms with Crippen LogP contribution in [0.3, 0.4) is 0 Å². The van der Waals surface area contributed by atoms with Crippen LogP contribution in [0.4, 0.5) is 5.69 Å². The van der Waals surface area contributed by atoms with E-state index < -0.39 is 4.92 Å². The van der Waals surface area contributed by atoms with Crippen molar-refractivity contribution in [1.82, 2.24) is 0 Å². The molecule has 98 valence electrons. The second-order valence-electron chi connectivity index (χ2n) is 4.23. The van der Waals surface area contributed by atoms with E-state index in [1.165, 1.54) is 12.1 Å². The van der Waals surface area contributed by atoms with E-state index in [0.29, 0.717) is 6.54 Å². The third kappa shape index (κ3) is 3.85. The average Bonchev–Trinajstić information content (AvgIpc) is 2.38. The topological polar surface area (TPSA) is 69.2 Å². The molecule has 0 aliphatic rings. The molecule has 0 amide bonds. The Hall–Kier alpha value is -1.33. The fourth-order valence-corrected chi connectivity index (χ4v) is 2.31. The quantitative estimate of drug-likeness (QED) is 0.356. The first kappa shape index (κ1) is 14.7. The number of nitrogens with zero attached hydrogens (tertiary/aromatic N) is 1. The molecule has 1 aromatic rings. The van der Waals surface area contributed by atoms with Crippen molar-refractivity contribution in [2.75, 3.05) is 6.54 Å². The summed E-state index contributed by atoms with van der Waals surface area (Å²) in [5.41, 5.74) is 6.57. The minimum atomic E-state index is -0.407. The van der Waals surface area contributed by atoms with Gasteiger partial charge in [0, 0.05) is 17.0 Å². The van der Waals surface area contributed by atoms with Gasteiger partial charge in [0.25, 0.3) is 5.69 Å². The molecule has 4 nitrogen and oxygen atoms in total. The molecule has 1 rings (SSSR count). The molecule has 0 saturated heterocycles. The average molecular weight is 266 g/mol. The summed E-state index contributed by atoms with van der Waals surface area (Å²) in [5, 5.41) is 10.6. The number of nitrogens with two attached hydrogens (primary N) is 1. The van der Waals surface area contributed by atoms with Crippen LogP contribution >= 0.6 is 12.2 Å². The lowest BCUT2D eigenvalue weighted by Crippen LogP contribution is -2.17. The van der Waals surface area contributed by atoms with Crippen molar-refractivity contribution in [3.8, 4) is 0 Å². The number of benzene rings is 1. The Morgan fingerprint density at radius 1 is 1.39 bits per heavy atom. The highest BCUT2D eigenvalue weighted by atomic mass is 32.1. The molecule has 0 spiro atoms. The van der Waals surface area contributed by atoms with Crippen LogP contribution in [0.5, 0.6) is 0 Å². The van der Waals surface area contributed by atoms with Crippen molar-refractivity contribution in [1.29, 1.82) is 0 Å².